The van der Waals surface area contributed by atoms with Crippen molar-refractivity contribution in [2.24, 2.45) is 0 Å². The van der Waals surface area contributed by atoms with Crippen molar-refractivity contribution in [3.8, 4) is 0 Å². The smallest absolute Gasteiger partial charge is 0.246 e. The van der Waals surface area contributed by atoms with Crippen molar-refractivity contribution in [3.63, 3.8) is 0 Å². The van der Waals surface area contributed by atoms with Crippen LogP contribution in [0.1, 0.15) is 37.6 Å². The minimum Gasteiger partial charge on any atom is -0.394 e. The molecule has 0 aromatic carbocycles. The summed E-state index contributed by atoms with van der Waals surface area (Å²) in [4.78, 5) is 0.311. The van der Waals surface area contributed by atoms with Gasteiger partial charge in [0.1, 0.15) is 4.90 Å². The van der Waals surface area contributed by atoms with Gasteiger partial charge in [0.2, 0.25) is 10.0 Å². The third kappa shape index (κ3) is 2.49. The first-order valence-electron chi connectivity index (χ1n) is 7.10. The van der Waals surface area contributed by atoms with Gasteiger partial charge >= 0.3 is 0 Å². The van der Waals surface area contributed by atoms with E-state index >= 15 is 0 Å². The molecule has 1 unspecified atom stereocenters. The topological polar surface area (TPSA) is 75.4 Å². The van der Waals surface area contributed by atoms with Gasteiger partial charge in [-0.2, -0.15) is 9.40 Å². The number of aliphatic hydroxyl groups is 1. The molecule has 0 amide bonds. The Hall–Kier alpha value is -0.920. The molecule has 7 heteroatoms. The Bertz CT molecular complexity index is 580. The first-order valence-corrected chi connectivity index (χ1v) is 8.54. The lowest BCUT2D eigenvalue weighted by Crippen LogP contribution is -2.35. The van der Waals surface area contributed by atoms with E-state index in [0.717, 1.165) is 19.3 Å². The van der Waals surface area contributed by atoms with Crippen molar-refractivity contribution in [1.29, 1.82) is 0 Å². The van der Waals surface area contributed by atoms with E-state index in [1.165, 1.54) is 0 Å². The van der Waals surface area contributed by atoms with Crippen LogP contribution in [-0.4, -0.2) is 46.8 Å². The number of aromatic nitrogens is 2. The maximum atomic E-state index is 12.9. The molecule has 1 aliphatic rings. The minimum absolute atomic E-state index is 0.0528. The number of nitrogens with zero attached hydrogens (tertiary/aromatic N) is 3. The standard InChI is InChI=1S/C13H23N3O3S/c1-4-12-6-5-7-16(12)20(18,19)13-10(2)14-15(8-9-17)11(13)3/h12,17H,4-9H2,1-3H3. The van der Waals surface area contributed by atoms with Crippen LogP contribution >= 0.6 is 0 Å². The van der Waals surface area contributed by atoms with Gasteiger partial charge in [0.25, 0.3) is 0 Å². The van der Waals surface area contributed by atoms with E-state index in [4.69, 9.17) is 5.11 Å². The SMILES string of the molecule is CCC1CCCN1S(=O)(=O)c1c(C)nn(CCO)c1C. The monoisotopic (exact) mass is 301 g/mol. The van der Waals surface area contributed by atoms with E-state index in [1.807, 2.05) is 6.92 Å². The van der Waals surface area contributed by atoms with Crippen LogP contribution in [0.25, 0.3) is 0 Å². The molecular weight excluding hydrogens is 278 g/mol. The van der Waals surface area contributed by atoms with E-state index in [9.17, 15) is 8.42 Å². The zero-order valence-corrected chi connectivity index (χ0v) is 13.2. The number of sulfonamides is 1. The fourth-order valence-electron chi connectivity index (χ4n) is 3.02. The molecule has 1 aromatic rings. The van der Waals surface area contributed by atoms with Crippen molar-refractivity contribution in [1.82, 2.24) is 14.1 Å². The molecule has 1 aromatic heterocycles. The second kappa shape index (κ2) is 5.83. The third-order valence-electron chi connectivity index (χ3n) is 3.99. The highest BCUT2D eigenvalue weighted by molar-refractivity contribution is 7.89. The third-order valence-corrected chi connectivity index (χ3v) is 6.19. The molecule has 1 aliphatic heterocycles. The lowest BCUT2D eigenvalue weighted by atomic mass is 10.2. The Morgan fingerprint density at radius 1 is 1.40 bits per heavy atom. The lowest BCUT2D eigenvalue weighted by Gasteiger charge is -2.23. The molecule has 1 N–H and O–H groups in total. The van der Waals surface area contributed by atoms with Crippen LogP contribution < -0.4 is 0 Å². The summed E-state index contributed by atoms with van der Waals surface area (Å²) in [5, 5.41) is 13.3. The van der Waals surface area contributed by atoms with E-state index in [0.29, 0.717) is 29.4 Å². The van der Waals surface area contributed by atoms with Crippen LogP contribution in [0.3, 0.4) is 0 Å². The second-order valence-corrected chi connectivity index (χ2v) is 7.09. The molecule has 0 saturated carbocycles. The number of aryl methyl sites for hydroxylation is 1. The summed E-state index contributed by atoms with van der Waals surface area (Å²) in [5.41, 5.74) is 1.12. The van der Waals surface area contributed by atoms with Gasteiger partial charge in [-0.05, 0) is 33.1 Å². The number of hydrogen-bond acceptors (Lipinski definition) is 4. The van der Waals surface area contributed by atoms with Gasteiger partial charge in [0.15, 0.2) is 0 Å². The molecule has 6 nitrogen and oxygen atoms in total. The first kappa shape index (κ1) is 15.5. The van der Waals surface area contributed by atoms with Gasteiger partial charge in [-0.25, -0.2) is 8.42 Å². The molecule has 2 heterocycles. The Morgan fingerprint density at radius 2 is 2.10 bits per heavy atom. The second-order valence-electron chi connectivity index (χ2n) is 5.27. The highest BCUT2D eigenvalue weighted by Gasteiger charge is 2.37. The van der Waals surface area contributed by atoms with Crippen LogP contribution in [-0.2, 0) is 16.6 Å². The van der Waals surface area contributed by atoms with Crippen molar-refractivity contribution >= 4 is 10.0 Å². The summed E-state index contributed by atoms with van der Waals surface area (Å²) in [5.74, 6) is 0. The number of aliphatic hydroxyl groups excluding tert-OH is 1. The Kier molecular flexibility index (Phi) is 4.51. The minimum atomic E-state index is -3.49. The quantitative estimate of drug-likeness (QED) is 0.882. The van der Waals surface area contributed by atoms with E-state index < -0.39 is 10.0 Å². The Morgan fingerprint density at radius 3 is 2.70 bits per heavy atom. The largest absolute Gasteiger partial charge is 0.394 e. The molecule has 0 spiro atoms. The molecule has 1 fully saturated rings. The van der Waals surface area contributed by atoms with Gasteiger partial charge in [-0.15, -0.1) is 0 Å². The molecule has 0 bridgehead atoms. The zero-order valence-electron chi connectivity index (χ0n) is 12.3. The van der Waals surface area contributed by atoms with E-state index in [1.54, 1.807) is 22.8 Å². The summed E-state index contributed by atoms with van der Waals surface area (Å²) in [6.07, 6.45) is 2.68. The van der Waals surface area contributed by atoms with Gasteiger partial charge in [-0.1, -0.05) is 6.92 Å². The molecule has 1 atom stereocenters. The molecule has 0 radical (unpaired) electrons. The molecule has 2 rings (SSSR count). The predicted molar refractivity (Wildman–Crippen MR) is 76.0 cm³/mol. The maximum Gasteiger partial charge on any atom is 0.246 e. The predicted octanol–water partition coefficient (Wildman–Crippen LogP) is 1.06. The van der Waals surface area contributed by atoms with Crippen molar-refractivity contribution in [3.05, 3.63) is 11.4 Å². The molecular formula is C13H23N3O3S. The first-order chi connectivity index (χ1) is 9.43. The molecule has 0 aliphatic carbocycles. The van der Waals surface area contributed by atoms with Gasteiger partial charge < -0.3 is 5.11 Å². The summed E-state index contributed by atoms with van der Waals surface area (Å²) in [7, 11) is -3.49. The van der Waals surface area contributed by atoms with Gasteiger partial charge in [-0.3, -0.25) is 4.68 Å². The zero-order chi connectivity index (χ0) is 14.9. The van der Waals surface area contributed by atoms with Crippen molar-refractivity contribution < 1.29 is 13.5 Å². The summed E-state index contributed by atoms with van der Waals surface area (Å²) in [6, 6.07) is 0.0972. The van der Waals surface area contributed by atoms with E-state index in [2.05, 4.69) is 5.10 Å². The van der Waals surface area contributed by atoms with Crippen LogP contribution in [0.2, 0.25) is 0 Å². The summed E-state index contributed by atoms with van der Waals surface area (Å²) < 4.78 is 28.9. The molecule has 114 valence electrons. The number of rotatable bonds is 5. The Balaban J connectivity index is 2.44. The van der Waals surface area contributed by atoms with E-state index in [-0.39, 0.29) is 12.6 Å². The highest BCUT2D eigenvalue weighted by atomic mass is 32.2. The summed E-state index contributed by atoms with van der Waals surface area (Å²) >= 11 is 0. The van der Waals surface area contributed by atoms with Crippen LogP contribution in [0.5, 0.6) is 0 Å². The van der Waals surface area contributed by atoms with Crippen LogP contribution in [0, 0.1) is 13.8 Å². The fourth-order valence-corrected chi connectivity index (χ4v) is 5.16. The average Bonchev–Trinajstić information content (AvgIpc) is 2.96. The molecule has 1 saturated heterocycles. The number of hydrogen-bond donors (Lipinski definition) is 1. The Labute approximate surface area is 120 Å². The normalized spacial score (nSPS) is 20.7. The lowest BCUT2D eigenvalue weighted by molar-refractivity contribution is 0.267. The van der Waals surface area contributed by atoms with Crippen LogP contribution in [0.15, 0.2) is 4.90 Å². The summed E-state index contributed by atoms with van der Waals surface area (Å²) in [6.45, 7) is 6.34. The molecule has 20 heavy (non-hydrogen) atoms. The van der Waals surface area contributed by atoms with Crippen molar-refractivity contribution in [2.45, 2.75) is 57.5 Å². The van der Waals surface area contributed by atoms with Gasteiger partial charge in [0, 0.05) is 12.6 Å². The van der Waals surface area contributed by atoms with Crippen LogP contribution in [0.4, 0.5) is 0 Å². The van der Waals surface area contributed by atoms with Crippen molar-refractivity contribution in [2.75, 3.05) is 13.2 Å². The average molecular weight is 301 g/mol. The van der Waals surface area contributed by atoms with Gasteiger partial charge in [0.05, 0.1) is 24.5 Å². The maximum absolute atomic E-state index is 12.9. The highest BCUT2D eigenvalue weighted by Crippen LogP contribution is 2.30. The fraction of sp³-hybridized carbons (Fsp3) is 0.769.